The van der Waals surface area contributed by atoms with Gasteiger partial charge in [0.05, 0.1) is 17.5 Å². The molecule has 7 nitrogen and oxygen atoms in total. The van der Waals surface area contributed by atoms with Crippen LogP contribution >= 0.6 is 0 Å². The van der Waals surface area contributed by atoms with Gasteiger partial charge in [0.2, 0.25) is 10.0 Å². The van der Waals surface area contributed by atoms with Crippen LogP contribution in [0.25, 0.3) is 0 Å². The van der Waals surface area contributed by atoms with Crippen LogP contribution in [0.1, 0.15) is 20.3 Å². The molecule has 0 saturated heterocycles. The Hall–Kier alpha value is -1.80. The van der Waals surface area contributed by atoms with Gasteiger partial charge in [0.25, 0.3) is 0 Å². The molecule has 2 amide bonds. The molecule has 124 valence electrons. The zero-order valence-corrected chi connectivity index (χ0v) is 13.9. The first-order chi connectivity index (χ1) is 10.4. The minimum absolute atomic E-state index is 0.0173. The molecule has 0 aliphatic rings. The number of benzene rings is 1. The third-order valence-corrected chi connectivity index (χ3v) is 4.37. The van der Waals surface area contributed by atoms with E-state index in [4.69, 9.17) is 4.74 Å². The van der Waals surface area contributed by atoms with Crippen LogP contribution in [-0.4, -0.2) is 39.9 Å². The van der Waals surface area contributed by atoms with E-state index >= 15 is 0 Å². The molecule has 0 aliphatic heterocycles. The Morgan fingerprint density at radius 2 is 2.00 bits per heavy atom. The summed E-state index contributed by atoms with van der Waals surface area (Å²) in [5, 5.41) is 5.15. The average molecular weight is 329 g/mol. The number of nitrogens with one attached hydrogen (secondary N) is 3. The van der Waals surface area contributed by atoms with Gasteiger partial charge >= 0.3 is 6.03 Å². The first-order valence-corrected chi connectivity index (χ1v) is 8.75. The van der Waals surface area contributed by atoms with Crippen LogP contribution in [0, 0.1) is 0 Å². The van der Waals surface area contributed by atoms with E-state index < -0.39 is 16.1 Å². The monoisotopic (exact) mass is 329 g/mol. The first kappa shape index (κ1) is 18.2. The lowest BCUT2D eigenvalue weighted by Gasteiger charge is -2.16. The number of anilines is 1. The van der Waals surface area contributed by atoms with Crippen molar-refractivity contribution in [2.75, 3.05) is 24.7 Å². The third kappa shape index (κ3) is 6.31. The Morgan fingerprint density at radius 1 is 1.32 bits per heavy atom. The maximum absolute atomic E-state index is 11.8. The summed E-state index contributed by atoms with van der Waals surface area (Å²) in [6.45, 7) is 3.97. The summed E-state index contributed by atoms with van der Waals surface area (Å²) in [6, 6.07) is 6.62. The van der Waals surface area contributed by atoms with Crippen LogP contribution < -0.4 is 20.1 Å². The Morgan fingerprint density at radius 3 is 2.64 bits per heavy atom. The van der Waals surface area contributed by atoms with Crippen molar-refractivity contribution in [1.29, 1.82) is 0 Å². The largest absolute Gasteiger partial charge is 0.489 e. The molecule has 1 aromatic carbocycles. The number of carbonyl (C=O) groups is 1. The molecule has 1 rings (SSSR count). The quantitative estimate of drug-likeness (QED) is 0.674. The molecule has 3 N–H and O–H groups in total. The number of sulfonamides is 1. The number of hydrogen-bond acceptors (Lipinski definition) is 4. The molecule has 0 fully saturated rings. The molecule has 0 saturated carbocycles. The van der Waals surface area contributed by atoms with E-state index in [9.17, 15) is 13.2 Å². The minimum atomic E-state index is -3.33. The van der Waals surface area contributed by atoms with Crippen LogP contribution in [0.3, 0.4) is 0 Å². The molecule has 0 aromatic heterocycles. The van der Waals surface area contributed by atoms with Crippen molar-refractivity contribution in [2.45, 2.75) is 26.4 Å². The van der Waals surface area contributed by atoms with E-state index in [-0.39, 0.29) is 18.4 Å². The van der Waals surface area contributed by atoms with E-state index in [0.29, 0.717) is 11.4 Å². The van der Waals surface area contributed by atoms with Gasteiger partial charge in [-0.25, -0.2) is 17.9 Å². The number of urea groups is 1. The van der Waals surface area contributed by atoms with Crippen LogP contribution in [0.2, 0.25) is 0 Å². The summed E-state index contributed by atoms with van der Waals surface area (Å²) in [7, 11) is -2.00. The normalized spacial score (nSPS) is 12.5. The summed E-state index contributed by atoms with van der Waals surface area (Å²) >= 11 is 0. The summed E-state index contributed by atoms with van der Waals surface area (Å²) < 4.78 is 30.4. The van der Waals surface area contributed by atoms with Gasteiger partial charge in [-0.3, -0.25) is 0 Å². The van der Waals surface area contributed by atoms with E-state index in [1.807, 2.05) is 19.9 Å². The standard InChI is InChI=1S/C14H23N3O4S/c1-4-11(2)21-13-8-6-5-7-12(13)17-14(18)16-9-10-22(19,20)15-3/h5-8,11,15H,4,9-10H2,1-3H3,(H2,16,17,18)/t11-/m0/s1. The van der Waals surface area contributed by atoms with Gasteiger partial charge in [-0.2, -0.15) is 0 Å². The molecular weight excluding hydrogens is 306 g/mol. The van der Waals surface area contributed by atoms with Gasteiger partial charge in [-0.15, -0.1) is 0 Å². The summed E-state index contributed by atoms with van der Waals surface area (Å²) in [4.78, 5) is 11.8. The highest BCUT2D eigenvalue weighted by atomic mass is 32.2. The molecule has 1 aromatic rings. The Kier molecular flexibility index (Phi) is 7.13. The highest BCUT2D eigenvalue weighted by Crippen LogP contribution is 2.25. The summed E-state index contributed by atoms with van der Waals surface area (Å²) in [5.74, 6) is 0.400. The van der Waals surface area contributed by atoms with Crippen LogP contribution in [0.15, 0.2) is 24.3 Å². The molecule has 1 atom stereocenters. The van der Waals surface area contributed by atoms with Crippen LogP contribution in [0.4, 0.5) is 10.5 Å². The number of ether oxygens (including phenoxy) is 1. The van der Waals surface area contributed by atoms with Crippen molar-refractivity contribution in [2.24, 2.45) is 0 Å². The zero-order chi connectivity index (χ0) is 16.6. The molecule has 22 heavy (non-hydrogen) atoms. The van der Waals surface area contributed by atoms with E-state index in [1.165, 1.54) is 7.05 Å². The van der Waals surface area contributed by atoms with E-state index in [0.717, 1.165) is 6.42 Å². The van der Waals surface area contributed by atoms with Gasteiger partial charge in [-0.1, -0.05) is 19.1 Å². The van der Waals surface area contributed by atoms with E-state index in [1.54, 1.807) is 18.2 Å². The van der Waals surface area contributed by atoms with Gasteiger partial charge in [-0.05, 0) is 32.5 Å². The Balaban J connectivity index is 2.57. The minimum Gasteiger partial charge on any atom is -0.489 e. The number of carbonyl (C=O) groups excluding carboxylic acids is 1. The molecule has 0 heterocycles. The second-order valence-electron chi connectivity index (χ2n) is 4.74. The molecule has 8 heteroatoms. The fourth-order valence-electron chi connectivity index (χ4n) is 1.54. The first-order valence-electron chi connectivity index (χ1n) is 7.09. The smallest absolute Gasteiger partial charge is 0.319 e. The zero-order valence-electron chi connectivity index (χ0n) is 13.0. The van der Waals surface area contributed by atoms with Crippen molar-refractivity contribution in [3.8, 4) is 5.75 Å². The number of amides is 2. The van der Waals surface area contributed by atoms with Gasteiger partial charge in [0.1, 0.15) is 5.75 Å². The fraction of sp³-hybridized carbons (Fsp3) is 0.500. The average Bonchev–Trinajstić information content (AvgIpc) is 2.49. The SMILES string of the molecule is CC[C@H](C)Oc1ccccc1NC(=O)NCCS(=O)(=O)NC. The van der Waals surface area contributed by atoms with Crippen molar-refractivity contribution in [1.82, 2.24) is 10.0 Å². The number of para-hydroxylation sites is 2. The van der Waals surface area contributed by atoms with Gasteiger partial charge < -0.3 is 15.4 Å². The second kappa shape index (κ2) is 8.60. The molecule has 0 unspecified atom stereocenters. The van der Waals surface area contributed by atoms with Crippen molar-refractivity contribution >= 4 is 21.7 Å². The predicted octanol–water partition coefficient (Wildman–Crippen LogP) is 1.53. The third-order valence-electron chi connectivity index (χ3n) is 3.01. The van der Waals surface area contributed by atoms with Gasteiger partial charge in [0, 0.05) is 6.54 Å². The lowest BCUT2D eigenvalue weighted by molar-refractivity contribution is 0.218. The molecular formula is C14H23N3O4S. The second-order valence-corrected chi connectivity index (χ2v) is 6.78. The number of rotatable bonds is 8. The van der Waals surface area contributed by atoms with Crippen molar-refractivity contribution in [3.63, 3.8) is 0 Å². The van der Waals surface area contributed by atoms with Crippen molar-refractivity contribution < 1.29 is 17.9 Å². The Labute approximate surface area is 131 Å². The lowest BCUT2D eigenvalue weighted by atomic mass is 10.2. The van der Waals surface area contributed by atoms with Crippen LogP contribution in [-0.2, 0) is 10.0 Å². The van der Waals surface area contributed by atoms with Gasteiger partial charge in [0.15, 0.2) is 0 Å². The highest BCUT2D eigenvalue weighted by molar-refractivity contribution is 7.89. The number of hydrogen-bond donors (Lipinski definition) is 3. The lowest BCUT2D eigenvalue weighted by Crippen LogP contribution is -2.35. The molecule has 0 spiro atoms. The maximum atomic E-state index is 11.8. The molecule has 0 aliphatic carbocycles. The topological polar surface area (TPSA) is 96.5 Å². The maximum Gasteiger partial charge on any atom is 0.319 e. The summed E-state index contributed by atoms with van der Waals surface area (Å²) in [5.41, 5.74) is 0.539. The molecule has 0 radical (unpaired) electrons. The van der Waals surface area contributed by atoms with Crippen LogP contribution in [0.5, 0.6) is 5.75 Å². The predicted molar refractivity (Wildman–Crippen MR) is 86.7 cm³/mol. The van der Waals surface area contributed by atoms with E-state index in [2.05, 4.69) is 15.4 Å². The fourth-order valence-corrected chi connectivity index (χ4v) is 2.12. The van der Waals surface area contributed by atoms with Crippen molar-refractivity contribution in [3.05, 3.63) is 24.3 Å². The molecule has 0 bridgehead atoms. The summed E-state index contributed by atoms with van der Waals surface area (Å²) in [6.07, 6.45) is 0.884. The highest BCUT2D eigenvalue weighted by Gasteiger charge is 2.11. The Bertz CT molecular complexity index is 590.